The normalized spacial score (nSPS) is 20.3. The van der Waals surface area contributed by atoms with E-state index in [4.69, 9.17) is 9.40 Å². The molecule has 0 bridgehead atoms. The fourth-order valence-corrected chi connectivity index (χ4v) is 4.05. The predicted molar refractivity (Wildman–Crippen MR) is 94.0 cm³/mol. The molecule has 1 saturated carbocycles. The molecule has 1 aromatic carbocycles. The van der Waals surface area contributed by atoms with E-state index < -0.39 is 0 Å². The molecule has 0 amide bonds. The van der Waals surface area contributed by atoms with Gasteiger partial charge in [-0.2, -0.15) is 0 Å². The summed E-state index contributed by atoms with van der Waals surface area (Å²) in [5, 5.41) is 3.41. The van der Waals surface area contributed by atoms with Gasteiger partial charge in [0.25, 0.3) is 0 Å². The zero-order valence-corrected chi connectivity index (χ0v) is 13.9. The lowest BCUT2D eigenvalue weighted by atomic mass is 9.86. The topological polar surface area (TPSA) is 41.3 Å². The molecule has 4 rings (SSSR count). The molecule has 0 spiro atoms. The Kier molecular flexibility index (Phi) is 4.51. The first-order valence-corrected chi connectivity index (χ1v) is 9.24. The Bertz CT molecular complexity index is 639. The van der Waals surface area contributed by atoms with Crippen molar-refractivity contribution in [2.45, 2.75) is 44.9 Å². The summed E-state index contributed by atoms with van der Waals surface area (Å²) >= 11 is 0. The van der Waals surface area contributed by atoms with Crippen LogP contribution in [0.1, 0.15) is 44.4 Å². The van der Waals surface area contributed by atoms with Crippen LogP contribution in [0, 0.1) is 5.92 Å². The minimum absolute atomic E-state index is 0.881. The molecular weight excluding hydrogens is 286 g/mol. The Morgan fingerprint density at radius 2 is 1.96 bits per heavy atom. The van der Waals surface area contributed by atoms with Gasteiger partial charge in [-0.3, -0.25) is 0 Å². The van der Waals surface area contributed by atoms with Crippen LogP contribution < -0.4 is 10.2 Å². The van der Waals surface area contributed by atoms with E-state index in [0.29, 0.717) is 0 Å². The lowest BCUT2D eigenvalue weighted by molar-refractivity contribution is 0.330. The van der Waals surface area contributed by atoms with Crippen LogP contribution in [0.5, 0.6) is 0 Å². The van der Waals surface area contributed by atoms with Crippen molar-refractivity contribution in [1.29, 1.82) is 0 Å². The van der Waals surface area contributed by atoms with Crippen molar-refractivity contribution in [1.82, 2.24) is 10.3 Å². The second-order valence-corrected chi connectivity index (χ2v) is 7.01. The van der Waals surface area contributed by atoms with Crippen LogP contribution in [0.25, 0.3) is 11.1 Å². The number of hydrogen-bond donors (Lipinski definition) is 1. The molecule has 1 aliphatic carbocycles. The van der Waals surface area contributed by atoms with Crippen molar-refractivity contribution in [3.63, 3.8) is 0 Å². The van der Waals surface area contributed by atoms with Gasteiger partial charge >= 0.3 is 0 Å². The van der Waals surface area contributed by atoms with Crippen LogP contribution in [0.4, 0.5) is 5.69 Å². The van der Waals surface area contributed by atoms with Gasteiger partial charge in [-0.15, -0.1) is 0 Å². The fourth-order valence-electron chi connectivity index (χ4n) is 4.05. The van der Waals surface area contributed by atoms with E-state index in [1.807, 2.05) is 0 Å². The average Bonchev–Trinajstić information content (AvgIpc) is 3.04. The molecule has 1 aromatic heterocycles. The Morgan fingerprint density at radius 1 is 1.13 bits per heavy atom. The third-order valence-electron chi connectivity index (χ3n) is 5.39. The molecule has 23 heavy (non-hydrogen) atoms. The molecule has 1 saturated heterocycles. The van der Waals surface area contributed by atoms with Gasteiger partial charge in [-0.05, 0) is 24.5 Å². The van der Waals surface area contributed by atoms with Crippen molar-refractivity contribution in [2.24, 2.45) is 5.92 Å². The number of nitrogens with zero attached hydrogens (tertiary/aromatic N) is 2. The van der Waals surface area contributed by atoms with E-state index >= 15 is 0 Å². The van der Waals surface area contributed by atoms with E-state index in [0.717, 1.165) is 55.5 Å². The van der Waals surface area contributed by atoms with Crippen LogP contribution in [-0.4, -0.2) is 31.2 Å². The van der Waals surface area contributed by atoms with Gasteiger partial charge in [0.15, 0.2) is 11.5 Å². The molecular formula is C19H27N3O. The third-order valence-corrected chi connectivity index (χ3v) is 5.39. The molecule has 0 unspecified atom stereocenters. The molecule has 2 fully saturated rings. The third kappa shape index (κ3) is 3.37. The lowest BCUT2D eigenvalue weighted by Crippen LogP contribution is -2.43. The number of nitrogens with one attached hydrogen (secondary N) is 1. The monoisotopic (exact) mass is 313 g/mol. The summed E-state index contributed by atoms with van der Waals surface area (Å²) in [5.74, 6) is 1.81. The maximum atomic E-state index is 6.04. The zero-order chi connectivity index (χ0) is 15.5. The van der Waals surface area contributed by atoms with Crippen molar-refractivity contribution in [2.75, 3.05) is 31.1 Å². The molecule has 1 aliphatic heterocycles. The van der Waals surface area contributed by atoms with E-state index in [1.165, 1.54) is 44.2 Å². The number of rotatable bonds is 4. The molecule has 124 valence electrons. The Morgan fingerprint density at radius 3 is 2.78 bits per heavy atom. The number of para-hydroxylation sites is 1. The van der Waals surface area contributed by atoms with Crippen molar-refractivity contribution in [3.05, 3.63) is 24.1 Å². The van der Waals surface area contributed by atoms with Crippen LogP contribution in [0.3, 0.4) is 0 Å². The second kappa shape index (κ2) is 6.91. The highest BCUT2D eigenvalue weighted by molar-refractivity contribution is 5.87. The first-order chi connectivity index (χ1) is 11.4. The van der Waals surface area contributed by atoms with E-state index in [1.54, 1.807) is 0 Å². The highest BCUT2D eigenvalue weighted by Gasteiger charge is 2.18. The summed E-state index contributed by atoms with van der Waals surface area (Å²) < 4.78 is 6.04. The van der Waals surface area contributed by atoms with Gasteiger partial charge in [0.1, 0.15) is 5.52 Å². The number of aromatic nitrogens is 1. The molecule has 2 aliphatic rings. The first-order valence-electron chi connectivity index (χ1n) is 9.24. The highest BCUT2D eigenvalue weighted by Crippen LogP contribution is 2.30. The SMILES string of the molecule is c1cc(N2CCNCC2)c2nc(CCC3CCCCC3)oc2c1. The molecule has 4 heteroatoms. The molecule has 2 aromatic rings. The Hall–Kier alpha value is -1.55. The second-order valence-electron chi connectivity index (χ2n) is 7.01. The molecule has 0 atom stereocenters. The van der Waals surface area contributed by atoms with Crippen LogP contribution in [0.15, 0.2) is 22.6 Å². The number of benzene rings is 1. The van der Waals surface area contributed by atoms with Gasteiger partial charge in [-0.25, -0.2) is 4.98 Å². The van der Waals surface area contributed by atoms with E-state index in [9.17, 15) is 0 Å². The number of oxazole rings is 1. The lowest BCUT2D eigenvalue weighted by Gasteiger charge is -2.29. The molecule has 0 radical (unpaired) electrons. The summed E-state index contributed by atoms with van der Waals surface area (Å²) in [6, 6.07) is 6.33. The van der Waals surface area contributed by atoms with Crippen molar-refractivity contribution in [3.8, 4) is 0 Å². The van der Waals surface area contributed by atoms with Crippen LogP contribution in [0.2, 0.25) is 0 Å². The molecule has 2 heterocycles. The van der Waals surface area contributed by atoms with E-state index in [2.05, 4.69) is 28.4 Å². The standard InChI is InChI=1S/C19H27N3O/c1-2-5-15(6-3-1)9-10-18-21-19-16(7-4-8-17(19)23-18)22-13-11-20-12-14-22/h4,7-8,15,20H,1-3,5-6,9-14H2. The quantitative estimate of drug-likeness (QED) is 0.933. The highest BCUT2D eigenvalue weighted by atomic mass is 16.3. The summed E-state index contributed by atoms with van der Waals surface area (Å²) in [6.45, 7) is 4.18. The van der Waals surface area contributed by atoms with Gasteiger partial charge < -0.3 is 14.6 Å². The van der Waals surface area contributed by atoms with E-state index in [-0.39, 0.29) is 0 Å². The summed E-state index contributed by atoms with van der Waals surface area (Å²) in [7, 11) is 0. The summed E-state index contributed by atoms with van der Waals surface area (Å²) in [5.41, 5.74) is 3.23. The van der Waals surface area contributed by atoms with Gasteiger partial charge in [0.05, 0.1) is 5.69 Å². The first kappa shape index (κ1) is 15.0. The predicted octanol–water partition coefficient (Wildman–Crippen LogP) is 3.75. The maximum Gasteiger partial charge on any atom is 0.195 e. The van der Waals surface area contributed by atoms with Crippen molar-refractivity contribution >= 4 is 16.8 Å². The number of aryl methyl sites for hydroxylation is 1. The average molecular weight is 313 g/mol. The summed E-state index contributed by atoms with van der Waals surface area (Å²) in [4.78, 5) is 7.27. The maximum absolute atomic E-state index is 6.04. The van der Waals surface area contributed by atoms with Gasteiger partial charge in [0.2, 0.25) is 0 Å². The number of piperazine rings is 1. The van der Waals surface area contributed by atoms with Gasteiger partial charge in [-0.1, -0.05) is 38.2 Å². The smallest absolute Gasteiger partial charge is 0.195 e. The Balaban J connectivity index is 1.50. The largest absolute Gasteiger partial charge is 0.441 e. The fraction of sp³-hybridized carbons (Fsp3) is 0.632. The molecule has 4 nitrogen and oxygen atoms in total. The van der Waals surface area contributed by atoms with Crippen molar-refractivity contribution < 1.29 is 4.42 Å². The molecule has 1 N–H and O–H groups in total. The minimum Gasteiger partial charge on any atom is -0.441 e. The number of anilines is 1. The number of fused-ring (bicyclic) bond motifs is 1. The van der Waals surface area contributed by atoms with Crippen LogP contribution >= 0.6 is 0 Å². The zero-order valence-electron chi connectivity index (χ0n) is 13.9. The van der Waals surface area contributed by atoms with Gasteiger partial charge in [0, 0.05) is 32.6 Å². The van der Waals surface area contributed by atoms with Crippen LogP contribution in [-0.2, 0) is 6.42 Å². The number of hydrogen-bond acceptors (Lipinski definition) is 4. The Labute approximate surface area is 138 Å². The minimum atomic E-state index is 0.881. The summed E-state index contributed by atoms with van der Waals surface area (Å²) in [6.07, 6.45) is 9.25.